The van der Waals surface area contributed by atoms with E-state index < -0.39 is 28.0 Å². The molecule has 0 aromatic heterocycles. The smallest absolute Gasteiger partial charge is 0.308 e. The van der Waals surface area contributed by atoms with Gasteiger partial charge in [-0.3, -0.25) is 9.59 Å². The van der Waals surface area contributed by atoms with Crippen LogP contribution in [0, 0.1) is 12.8 Å². The Morgan fingerprint density at radius 2 is 1.86 bits per heavy atom. The first-order valence-corrected chi connectivity index (χ1v) is 13.0. The van der Waals surface area contributed by atoms with E-state index in [1.54, 1.807) is 25.3 Å². The molecular formula is C25H34N4O5S. The second kappa shape index (κ2) is 13.6. The number of benzene rings is 2. The van der Waals surface area contributed by atoms with Crippen LogP contribution in [0.15, 0.2) is 58.5 Å². The SMILES string of the molecule is CCC(C(=O)O)C(CNS(=O)(=O)c1ccc(C)cc1)NC(=O)CCCCc1cccc(C=NN)c1. The van der Waals surface area contributed by atoms with E-state index in [1.165, 1.54) is 12.1 Å². The lowest BCUT2D eigenvalue weighted by atomic mass is 9.96. The fourth-order valence-electron chi connectivity index (χ4n) is 3.73. The van der Waals surface area contributed by atoms with Gasteiger partial charge < -0.3 is 16.3 Å². The molecule has 2 unspecified atom stereocenters. The van der Waals surface area contributed by atoms with Crippen LogP contribution in [-0.2, 0) is 26.0 Å². The largest absolute Gasteiger partial charge is 0.481 e. The summed E-state index contributed by atoms with van der Waals surface area (Å²) in [6.07, 6.45) is 4.16. The lowest BCUT2D eigenvalue weighted by Crippen LogP contribution is -2.50. The monoisotopic (exact) mass is 502 g/mol. The number of hydrogen-bond donors (Lipinski definition) is 4. The Morgan fingerprint density at radius 1 is 1.14 bits per heavy atom. The fourth-order valence-corrected chi connectivity index (χ4v) is 4.79. The van der Waals surface area contributed by atoms with Gasteiger partial charge >= 0.3 is 5.97 Å². The maximum Gasteiger partial charge on any atom is 0.308 e. The first-order valence-electron chi connectivity index (χ1n) is 11.6. The van der Waals surface area contributed by atoms with Crippen molar-refractivity contribution in [1.82, 2.24) is 10.0 Å². The van der Waals surface area contributed by atoms with Crippen LogP contribution in [0.3, 0.4) is 0 Å². The van der Waals surface area contributed by atoms with E-state index in [4.69, 9.17) is 5.84 Å². The molecule has 190 valence electrons. The first kappa shape index (κ1) is 28.0. The number of carboxylic acids is 1. The summed E-state index contributed by atoms with van der Waals surface area (Å²) < 4.78 is 27.7. The Bertz CT molecular complexity index is 1120. The average Bonchev–Trinajstić information content (AvgIpc) is 2.81. The van der Waals surface area contributed by atoms with E-state index >= 15 is 0 Å². The van der Waals surface area contributed by atoms with Gasteiger partial charge in [0, 0.05) is 13.0 Å². The van der Waals surface area contributed by atoms with Crippen LogP contribution >= 0.6 is 0 Å². The van der Waals surface area contributed by atoms with E-state index in [0.717, 1.165) is 29.5 Å². The number of carbonyl (C=O) groups excluding carboxylic acids is 1. The molecule has 0 bridgehead atoms. The summed E-state index contributed by atoms with van der Waals surface area (Å²) in [5.41, 5.74) is 2.92. The van der Waals surface area contributed by atoms with Crippen molar-refractivity contribution in [1.29, 1.82) is 0 Å². The zero-order chi connectivity index (χ0) is 25.8. The van der Waals surface area contributed by atoms with E-state index in [0.29, 0.717) is 6.42 Å². The van der Waals surface area contributed by atoms with Gasteiger partial charge in [-0.2, -0.15) is 5.10 Å². The minimum absolute atomic E-state index is 0.0818. The summed E-state index contributed by atoms with van der Waals surface area (Å²) in [6, 6.07) is 13.2. The molecule has 2 aromatic rings. The third kappa shape index (κ3) is 9.14. The van der Waals surface area contributed by atoms with Crippen molar-refractivity contribution in [2.75, 3.05) is 6.54 Å². The average molecular weight is 503 g/mol. The first-order chi connectivity index (χ1) is 16.7. The Balaban J connectivity index is 1.94. The molecule has 0 spiro atoms. The van der Waals surface area contributed by atoms with Gasteiger partial charge in [0.2, 0.25) is 15.9 Å². The van der Waals surface area contributed by atoms with E-state index in [2.05, 4.69) is 15.1 Å². The van der Waals surface area contributed by atoms with Crippen LogP contribution in [0.25, 0.3) is 0 Å². The molecular weight excluding hydrogens is 468 g/mol. The van der Waals surface area contributed by atoms with E-state index in [9.17, 15) is 23.1 Å². The standard InChI is InChI=1S/C25H34N4O5S/c1-3-22(25(31)32)23(17-28-35(33,34)21-13-11-18(2)12-14-21)29-24(30)10-5-4-7-19-8-6-9-20(15-19)16-27-26/h6,8-9,11-16,22-23,28H,3-5,7,10,17,26H2,1-2H3,(H,29,30)(H,31,32). The van der Waals surface area contributed by atoms with Crippen molar-refractivity contribution in [2.24, 2.45) is 16.9 Å². The Labute approximate surface area is 206 Å². The normalized spacial score (nSPS) is 13.4. The van der Waals surface area contributed by atoms with Crippen molar-refractivity contribution >= 4 is 28.1 Å². The number of nitrogens with zero attached hydrogens (tertiary/aromatic N) is 1. The second-order valence-electron chi connectivity index (χ2n) is 8.42. The van der Waals surface area contributed by atoms with Gasteiger partial charge in [-0.25, -0.2) is 13.1 Å². The van der Waals surface area contributed by atoms with E-state index in [1.807, 2.05) is 31.2 Å². The summed E-state index contributed by atoms with van der Waals surface area (Å²) in [7, 11) is -3.85. The second-order valence-corrected chi connectivity index (χ2v) is 10.2. The van der Waals surface area contributed by atoms with Crippen LogP contribution in [-0.4, -0.2) is 44.2 Å². The number of carboxylic acid groups (broad SMARTS) is 1. The van der Waals surface area contributed by atoms with Gasteiger partial charge in [-0.05, 0) is 55.9 Å². The van der Waals surface area contributed by atoms with Gasteiger partial charge in [-0.15, -0.1) is 0 Å². The van der Waals surface area contributed by atoms with Crippen molar-refractivity contribution in [3.63, 3.8) is 0 Å². The lowest BCUT2D eigenvalue weighted by molar-refractivity contribution is -0.143. The molecule has 35 heavy (non-hydrogen) atoms. The lowest BCUT2D eigenvalue weighted by Gasteiger charge is -2.24. The minimum atomic E-state index is -3.85. The van der Waals surface area contributed by atoms with Gasteiger partial charge in [0.1, 0.15) is 0 Å². The number of carbonyl (C=O) groups is 2. The van der Waals surface area contributed by atoms with Crippen molar-refractivity contribution < 1.29 is 23.1 Å². The van der Waals surface area contributed by atoms with Gasteiger partial charge in [0.05, 0.1) is 23.1 Å². The summed E-state index contributed by atoms with van der Waals surface area (Å²) in [5, 5.41) is 15.8. The van der Waals surface area contributed by atoms with Crippen LogP contribution in [0.4, 0.5) is 0 Å². The molecule has 2 aromatic carbocycles. The minimum Gasteiger partial charge on any atom is -0.481 e. The summed E-state index contributed by atoms with van der Waals surface area (Å²) >= 11 is 0. The fraction of sp³-hybridized carbons (Fsp3) is 0.400. The molecule has 0 aliphatic heterocycles. The van der Waals surface area contributed by atoms with Gasteiger partial charge in [0.25, 0.3) is 0 Å². The molecule has 0 aliphatic carbocycles. The summed E-state index contributed by atoms with van der Waals surface area (Å²) in [6.45, 7) is 3.32. The molecule has 5 N–H and O–H groups in total. The Kier molecular flexibility index (Phi) is 10.9. The number of unbranched alkanes of at least 4 members (excludes halogenated alkanes) is 1. The van der Waals surface area contributed by atoms with E-state index in [-0.39, 0.29) is 30.2 Å². The van der Waals surface area contributed by atoms with Crippen molar-refractivity contribution in [3.8, 4) is 0 Å². The van der Waals surface area contributed by atoms with Crippen molar-refractivity contribution in [3.05, 3.63) is 65.2 Å². The van der Waals surface area contributed by atoms with Gasteiger partial charge in [-0.1, -0.05) is 48.9 Å². The van der Waals surface area contributed by atoms with Crippen LogP contribution in [0.5, 0.6) is 0 Å². The molecule has 0 saturated heterocycles. The predicted octanol–water partition coefficient (Wildman–Crippen LogP) is 2.57. The number of nitrogens with one attached hydrogen (secondary N) is 2. The quantitative estimate of drug-likeness (QED) is 0.135. The Morgan fingerprint density at radius 3 is 2.49 bits per heavy atom. The van der Waals surface area contributed by atoms with Crippen LogP contribution in [0.1, 0.15) is 49.3 Å². The molecule has 0 heterocycles. The third-order valence-corrected chi connectivity index (χ3v) is 7.15. The topological polar surface area (TPSA) is 151 Å². The van der Waals surface area contributed by atoms with Gasteiger partial charge in [0.15, 0.2) is 0 Å². The molecule has 10 heteroatoms. The number of hydrogen-bond acceptors (Lipinski definition) is 6. The number of nitrogens with two attached hydrogens (primary N) is 1. The molecule has 2 rings (SSSR count). The number of aliphatic carboxylic acids is 1. The van der Waals surface area contributed by atoms with Crippen molar-refractivity contribution in [2.45, 2.75) is 56.9 Å². The molecule has 0 aliphatic rings. The summed E-state index contributed by atoms with van der Waals surface area (Å²) in [5.74, 6) is 2.86. The highest BCUT2D eigenvalue weighted by Gasteiger charge is 2.29. The Hall–Kier alpha value is -3.24. The van der Waals surface area contributed by atoms with Crippen LogP contribution in [0.2, 0.25) is 0 Å². The number of sulfonamides is 1. The number of rotatable bonds is 14. The molecule has 9 nitrogen and oxygen atoms in total. The summed E-state index contributed by atoms with van der Waals surface area (Å²) in [4.78, 5) is 24.4. The molecule has 0 fully saturated rings. The zero-order valence-corrected chi connectivity index (χ0v) is 20.9. The molecule has 0 radical (unpaired) electrons. The maximum absolute atomic E-state index is 12.6. The zero-order valence-electron chi connectivity index (χ0n) is 20.1. The highest BCUT2D eigenvalue weighted by molar-refractivity contribution is 7.89. The van der Waals surface area contributed by atoms with Crippen LogP contribution < -0.4 is 15.9 Å². The third-order valence-electron chi connectivity index (χ3n) is 5.71. The number of amides is 1. The number of hydrazone groups is 1. The molecule has 1 amide bonds. The highest BCUT2D eigenvalue weighted by atomic mass is 32.2. The molecule has 2 atom stereocenters. The highest BCUT2D eigenvalue weighted by Crippen LogP contribution is 2.14. The number of aryl methyl sites for hydroxylation is 2. The maximum atomic E-state index is 12.6. The molecule has 0 saturated carbocycles. The predicted molar refractivity (Wildman–Crippen MR) is 135 cm³/mol.